The Morgan fingerprint density at radius 1 is 0.963 bits per heavy atom. The Morgan fingerprint density at radius 2 is 1.63 bits per heavy atom. The van der Waals surface area contributed by atoms with Crippen LogP contribution in [0.2, 0.25) is 0 Å². The summed E-state index contributed by atoms with van der Waals surface area (Å²) in [5, 5.41) is 1.08. The predicted molar refractivity (Wildman–Crippen MR) is 117 cm³/mol. The van der Waals surface area contributed by atoms with Crippen LogP contribution in [0.15, 0.2) is 58.6 Å². The molecule has 144 valence electrons. The Labute approximate surface area is 167 Å². The Morgan fingerprint density at radius 3 is 2.26 bits per heavy atom. The molecular weight excluding hydrogens is 350 g/mol. The van der Waals surface area contributed by atoms with Gasteiger partial charge < -0.3 is 9.47 Å². The number of para-hydroxylation sites is 2. The first kappa shape index (κ1) is 20.0. The monoisotopic (exact) mass is 381 g/mol. The lowest BCUT2D eigenvalue weighted by atomic mass is 9.87. The van der Waals surface area contributed by atoms with E-state index >= 15 is 0 Å². The highest BCUT2D eigenvalue weighted by atomic mass is 32.2. The van der Waals surface area contributed by atoms with Gasteiger partial charge in [-0.1, -0.05) is 70.6 Å². The van der Waals surface area contributed by atoms with Crippen LogP contribution in [0.5, 0.6) is 0 Å². The lowest BCUT2D eigenvalue weighted by Gasteiger charge is -2.20. The van der Waals surface area contributed by atoms with E-state index in [-0.39, 0.29) is 5.41 Å². The number of nitrogens with zero attached hydrogens (tertiary/aromatic N) is 3. The summed E-state index contributed by atoms with van der Waals surface area (Å²) in [6, 6.07) is 17.4. The number of hydrogen-bond donors (Lipinski definition) is 0. The highest BCUT2D eigenvalue weighted by Gasteiger charge is 2.15. The third-order valence-corrected chi connectivity index (χ3v) is 6.09. The summed E-state index contributed by atoms with van der Waals surface area (Å²) in [4.78, 5) is 8.61. The third kappa shape index (κ3) is 4.74. The van der Waals surface area contributed by atoms with E-state index in [0.717, 1.165) is 36.9 Å². The summed E-state index contributed by atoms with van der Waals surface area (Å²) < 4.78 is 2.37. The molecule has 2 aromatic carbocycles. The number of hydrogen-bond acceptors (Lipinski definition) is 3. The van der Waals surface area contributed by atoms with E-state index < -0.39 is 0 Å². The van der Waals surface area contributed by atoms with Crippen LogP contribution in [0.25, 0.3) is 11.0 Å². The molecule has 0 fully saturated rings. The predicted octanol–water partition coefficient (Wildman–Crippen LogP) is 5.83. The second kappa shape index (κ2) is 8.49. The van der Waals surface area contributed by atoms with Gasteiger partial charge in [-0.15, -0.1) is 0 Å². The van der Waals surface area contributed by atoms with Crippen molar-refractivity contribution in [3.63, 3.8) is 0 Å². The van der Waals surface area contributed by atoms with E-state index in [1.54, 1.807) is 11.8 Å². The van der Waals surface area contributed by atoms with E-state index in [4.69, 9.17) is 4.98 Å². The van der Waals surface area contributed by atoms with E-state index in [2.05, 4.69) is 92.6 Å². The van der Waals surface area contributed by atoms with Gasteiger partial charge in [-0.3, -0.25) is 0 Å². The van der Waals surface area contributed by atoms with Gasteiger partial charge in [0.15, 0.2) is 5.16 Å². The van der Waals surface area contributed by atoms with Crippen molar-refractivity contribution in [2.75, 3.05) is 19.6 Å². The number of aromatic nitrogens is 2. The summed E-state index contributed by atoms with van der Waals surface area (Å²) in [5.74, 6) is 0. The fourth-order valence-electron chi connectivity index (χ4n) is 3.26. The molecule has 3 nitrogen and oxygen atoms in total. The van der Waals surface area contributed by atoms with Gasteiger partial charge in [-0.25, -0.2) is 4.98 Å². The van der Waals surface area contributed by atoms with Crippen LogP contribution in [-0.4, -0.2) is 34.1 Å². The van der Waals surface area contributed by atoms with Crippen LogP contribution in [0.4, 0.5) is 0 Å². The van der Waals surface area contributed by atoms with E-state index in [1.807, 2.05) is 0 Å². The van der Waals surface area contributed by atoms with E-state index in [9.17, 15) is 0 Å². The van der Waals surface area contributed by atoms with Gasteiger partial charge in [0.2, 0.25) is 0 Å². The summed E-state index contributed by atoms with van der Waals surface area (Å²) in [5.41, 5.74) is 3.84. The first-order chi connectivity index (χ1) is 12.9. The van der Waals surface area contributed by atoms with Crippen LogP contribution in [0, 0.1) is 0 Å². The Kier molecular flexibility index (Phi) is 6.28. The number of rotatable bonds is 7. The van der Waals surface area contributed by atoms with Crippen molar-refractivity contribution in [1.29, 1.82) is 0 Å². The van der Waals surface area contributed by atoms with Crippen molar-refractivity contribution < 1.29 is 0 Å². The number of likely N-dealkylation sites (N-methyl/N-ethyl adjacent to an activating group) is 1. The molecule has 1 aromatic heterocycles. The van der Waals surface area contributed by atoms with Gasteiger partial charge in [0.05, 0.1) is 11.0 Å². The highest BCUT2D eigenvalue weighted by molar-refractivity contribution is 7.99. The molecule has 3 rings (SSSR count). The molecular formula is C23H31N3S. The topological polar surface area (TPSA) is 21.1 Å². The fraction of sp³-hybridized carbons (Fsp3) is 0.435. The molecule has 0 aliphatic rings. The average molecular weight is 382 g/mol. The van der Waals surface area contributed by atoms with Gasteiger partial charge >= 0.3 is 0 Å². The van der Waals surface area contributed by atoms with Crippen LogP contribution in [-0.2, 0) is 12.0 Å². The summed E-state index contributed by atoms with van der Waals surface area (Å²) in [7, 11) is 0. The Balaban J connectivity index is 1.88. The minimum absolute atomic E-state index is 0.181. The number of imidazole rings is 1. The molecule has 0 amide bonds. The molecule has 0 saturated heterocycles. The molecule has 27 heavy (non-hydrogen) atoms. The van der Waals surface area contributed by atoms with Crippen molar-refractivity contribution in [3.8, 4) is 0 Å². The molecule has 0 radical (unpaired) electrons. The van der Waals surface area contributed by atoms with E-state index in [0.29, 0.717) is 0 Å². The first-order valence-corrected chi connectivity index (χ1v) is 10.7. The zero-order chi connectivity index (χ0) is 19.4. The molecule has 4 heteroatoms. The van der Waals surface area contributed by atoms with Crippen molar-refractivity contribution in [3.05, 3.63) is 54.1 Å². The van der Waals surface area contributed by atoms with Crippen molar-refractivity contribution in [2.24, 2.45) is 0 Å². The summed E-state index contributed by atoms with van der Waals surface area (Å²) in [6.45, 7) is 15.4. The molecule has 1 heterocycles. The Hall–Kier alpha value is -1.78. The molecule has 0 aliphatic carbocycles. The maximum atomic E-state index is 4.92. The summed E-state index contributed by atoms with van der Waals surface area (Å²) in [6.07, 6.45) is 0. The van der Waals surface area contributed by atoms with Gasteiger partial charge in [-0.05, 0) is 48.3 Å². The lowest BCUT2D eigenvalue weighted by molar-refractivity contribution is 0.288. The largest absolute Gasteiger partial charge is 0.317 e. The van der Waals surface area contributed by atoms with E-state index in [1.165, 1.54) is 16.0 Å². The number of benzene rings is 2. The maximum absolute atomic E-state index is 4.92. The van der Waals surface area contributed by atoms with Crippen molar-refractivity contribution in [2.45, 2.75) is 56.6 Å². The SMILES string of the molecule is CCN(CC)CCn1c(Sc2ccc(C(C)(C)C)cc2)nc2ccccc21. The normalized spacial score (nSPS) is 12.2. The zero-order valence-electron chi connectivity index (χ0n) is 17.2. The molecule has 0 N–H and O–H groups in total. The quantitative estimate of drug-likeness (QED) is 0.514. The van der Waals surface area contributed by atoms with Crippen LogP contribution in [0.1, 0.15) is 40.2 Å². The average Bonchev–Trinajstić information content (AvgIpc) is 2.99. The fourth-order valence-corrected chi connectivity index (χ4v) is 4.18. The maximum Gasteiger partial charge on any atom is 0.173 e. The van der Waals surface area contributed by atoms with Gasteiger partial charge in [0, 0.05) is 18.0 Å². The van der Waals surface area contributed by atoms with Crippen LogP contribution in [0.3, 0.4) is 0 Å². The van der Waals surface area contributed by atoms with Crippen LogP contribution < -0.4 is 0 Å². The van der Waals surface area contributed by atoms with Crippen molar-refractivity contribution in [1.82, 2.24) is 14.5 Å². The first-order valence-electron chi connectivity index (χ1n) is 9.88. The molecule has 0 spiro atoms. The minimum atomic E-state index is 0.181. The second-order valence-corrected chi connectivity index (χ2v) is 8.98. The Bertz CT molecular complexity index is 871. The van der Waals surface area contributed by atoms with Gasteiger partial charge in [0.1, 0.15) is 0 Å². The smallest absolute Gasteiger partial charge is 0.173 e. The molecule has 3 aromatic rings. The lowest BCUT2D eigenvalue weighted by Crippen LogP contribution is -2.27. The minimum Gasteiger partial charge on any atom is -0.317 e. The molecule has 0 saturated carbocycles. The summed E-state index contributed by atoms with van der Waals surface area (Å²) >= 11 is 1.76. The second-order valence-electron chi connectivity index (χ2n) is 7.94. The zero-order valence-corrected chi connectivity index (χ0v) is 18.0. The highest BCUT2D eigenvalue weighted by Crippen LogP contribution is 2.32. The molecule has 0 atom stereocenters. The van der Waals surface area contributed by atoms with Crippen LogP contribution >= 0.6 is 11.8 Å². The van der Waals surface area contributed by atoms with Gasteiger partial charge in [-0.2, -0.15) is 0 Å². The third-order valence-electron chi connectivity index (χ3n) is 5.08. The molecule has 0 aliphatic heterocycles. The molecule has 0 unspecified atom stereocenters. The molecule has 0 bridgehead atoms. The van der Waals surface area contributed by atoms with Gasteiger partial charge in [0.25, 0.3) is 0 Å². The van der Waals surface area contributed by atoms with Crippen molar-refractivity contribution >= 4 is 22.8 Å². The standard InChI is InChI=1S/C23H31N3S/c1-6-25(7-2)16-17-26-21-11-9-8-10-20(21)24-22(26)27-19-14-12-18(13-15-19)23(3,4)5/h8-15H,6-7,16-17H2,1-5H3. The number of fused-ring (bicyclic) bond motifs is 1.